The number of carbonyl (C=O) groups is 1. The van der Waals surface area contributed by atoms with Gasteiger partial charge in [-0.05, 0) is 19.1 Å². The number of aryl methyl sites for hydroxylation is 1. The Morgan fingerprint density at radius 2 is 2.06 bits per heavy atom. The molecule has 3 N–H and O–H groups in total. The summed E-state index contributed by atoms with van der Waals surface area (Å²) in [6.07, 6.45) is 0. The second-order valence-electron chi connectivity index (χ2n) is 3.56. The van der Waals surface area contributed by atoms with Gasteiger partial charge in [-0.15, -0.1) is 0 Å². The molecule has 7 heteroatoms. The highest BCUT2D eigenvalue weighted by molar-refractivity contribution is 7.80. The van der Waals surface area contributed by atoms with Gasteiger partial charge in [0.05, 0.1) is 6.54 Å². The zero-order valence-corrected chi connectivity index (χ0v) is 10.0. The van der Waals surface area contributed by atoms with E-state index in [2.05, 4.69) is 0 Å². The van der Waals surface area contributed by atoms with E-state index in [1.54, 1.807) is 24.3 Å². The summed E-state index contributed by atoms with van der Waals surface area (Å²) in [7, 11) is 0. The third-order valence-corrected chi connectivity index (χ3v) is 2.90. The lowest BCUT2D eigenvalue weighted by atomic mass is 10.2. The molecule has 2 unspecified atom stereocenters. The van der Waals surface area contributed by atoms with Crippen LogP contribution in [0.1, 0.15) is 5.56 Å². The van der Waals surface area contributed by atoms with Crippen molar-refractivity contribution >= 4 is 22.9 Å². The lowest BCUT2D eigenvalue weighted by Crippen LogP contribution is -2.43. The number of nitrogens with zero attached hydrogens (tertiary/aromatic N) is 1. The van der Waals surface area contributed by atoms with Crippen LogP contribution in [0.3, 0.4) is 0 Å². The molecule has 0 aliphatic heterocycles. The van der Waals surface area contributed by atoms with E-state index in [1.165, 1.54) is 0 Å². The summed E-state index contributed by atoms with van der Waals surface area (Å²) in [4.78, 5) is 10.6. The monoisotopic (exact) mass is 257 g/mol. The summed E-state index contributed by atoms with van der Waals surface area (Å²) < 4.78 is 23.0. The topological polar surface area (TPSA) is 107 Å². The molecule has 2 atom stereocenters. The van der Waals surface area contributed by atoms with Gasteiger partial charge in [0.1, 0.15) is 6.04 Å². The number of carboxylic acid groups (broad SMARTS) is 1. The SMILES string of the molecule is Cc1ccc(N(CC(N)C(=O)O)S(=O)[O-])cc1. The molecule has 1 rings (SSSR count). The highest BCUT2D eigenvalue weighted by atomic mass is 32.2. The predicted molar refractivity (Wildman–Crippen MR) is 63.1 cm³/mol. The quantitative estimate of drug-likeness (QED) is 0.722. The first-order valence-corrected chi connectivity index (χ1v) is 5.87. The van der Waals surface area contributed by atoms with Crippen molar-refractivity contribution in [1.29, 1.82) is 0 Å². The fourth-order valence-corrected chi connectivity index (χ4v) is 1.80. The van der Waals surface area contributed by atoms with Gasteiger partial charge < -0.3 is 19.7 Å². The fourth-order valence-electron chi connectivity index (χ4n) is 1.22. The predicted octanol–water partition coefficient (Wildman–Crippen LogP) is 0.00742. The van der Waals surface area contributed by atoms with Crippen LogP contribution in [0.4, 0.5) is 5.69 Å². The van der Waals surface area contributed by atoms with Crippen LogP contribution in [0.5, 0.6) is 0 Å². The Morgan fingerprint density at radius 3 is 2.47 bits per heavy atom. The summed E-state index contributed by atoms with van der Waals surface area (Å²) in [6, 6.07) is 5.41. The molecular weight excluding hydrogens is 244 g/mol. The normalized spacial score (nSPS) is 14.1. The van der Waals surface area contributed by atoms with Gasteiger partial charge >= 0.3 is 5.97 Å². The second kappa shape index (κ2) is 5.76. The van der Waals surface area contributed by atoms with Gasteiger partial charge in [-0.2, -0.15) is 0 Å². The number of carboxylic acids is 1. The van der Waals surface area contributed by atoms with E-state index in [0.717, 1.165) is 9.87 Å². The Labute approximate surface area is 101 Å². The molecule has 0 radical (unpaired) electrons. The van der Waals surface area contributed by atoms with Crippen LogP contribution in [-0.4, -0.2) is 32.4 Å². The molecule has 0 heterocycles. The number of anilines is 1. The maximum absolute atomic E-state index is 11.0. The van der Waals surface area contributed by atoms with Crippen LogP contribution in [0.15, 0.2) is 24.3 Å². The number of rotatable bonds is 5. The number of hydrogen-bond acceptors (Lipinski definition) is 4. The summed E-state index contributed by atoms with van der Waals surface area (Å²) in [6.45, 7) is 1.57. The first-order valence-electron chi connectivity index (χ1n) is 4.84. The molecule has 1 aromatic rings. The number of hydrogen-bond donors (Lipinski definition) is 2. The van der Waals surface area contributed by atoms with E-state index in [4.69, 9.17) is 10.8 Å². The number of nitrogens with two attached hydrogens (primary N) is 1. The molecule has 6 nitrogen and oxygen atoms in total. The van der Waals surface area contributed by atoms with Crippen LogP contribution < -0.4 is 10.0 Å². The molecule has 0 bridgehead atoms. The van der Waals surface area contributed by atoms with Crippen molar-refractivity contribution in [3.63, 3.8) is 0 Å². The Balaban J connectivity index is 2.90. The zero-order valence-electron chi connectivity index (χ0n) is 9.20. The van der Waals surface area contributed by atoms with Gasteiger partial charge in [-0.25, -0.2) is 0 Å². The van der Waals surface area contributed by atoms with E-state index in [1.807, 2.05) is 6.92 Å². The van der Waals surface area contributed by atoms with E-state index < -0.39 is 23.3 Å². The van der Waals surface area contributed by atoms with E-state index in [9.17, 15) is 13.6 Å². The van der Waals surface area contributed by atoms with Crippen molar-refractivity contribution in [2.75, 3.05) is 10.8 Å². The fraction of sp³-hybridized carbons (Fsp3) is 0.300. The second-order valence-corrected chi connectivity index (χ2v) is 4.43. The first kappa shape index (κ1) is 13.6. The van der Waals surface area contributed by atoms with Gasteiger partial charge in [0.2, 0.25) is 0 Å². The number of benzene rings is 1. The molecular formula is C10H13N2O4S-. The summed E-state index contributed by atoms with van der Waals surface area (Å²) >= 11 is -2.56. The first-order chi connectivity index (χ1) is 7.91. The van der Waals surface area contributed by atoms with Crippen molar-refractivity contribution in [3.8, 4) is 0 Å². The minimum Gasteiger partial charge on any atom is -0.755 e. The van der Waals surface area contributed by atoms with Crippen LogP contribution in [0, 0.1) is 6.92 Å². The van der Waals surface area contributed by atoms with Crippen molar-refractivity contribution < 1.29 is 18.7 Å². The van der Waals surface area contributed by atoms with Crippen LogP contribution >= 0.6 is 0 Å². The van der Waals surface area contributed by atoms with E-state index >= 15 is 0 Å². The Kier molecular flexibility index (Phi) is 4.62. The Hall–Kier alpha value is -1.44. The van der Waals surface area contributed by atoms with Crippen molar-refractivity contribution in [1.82, 2.24) is 0 Å². The maximum atomic E-state index is 11.0. The molecule has 0 fully saturated rings. The smallest absolute Gasteiger partial charge is 0.322 e. The minimum atomic E-state index is -2.56. The van der Waals surface area contributed by atoms with Crippen LogP contribution in [0.25, 0.3) is 0 Å². The molecule has 0 spiro atoms. The summed E-state index contributed by atoms with van der Waals surface area (Å²) in [5, 5.41) is 8.65. The molecule has 0 aliphatic carbocycles. The van der Waals surface area contributed by atoms with Gasteiger partial charge in [-0.1, -0.05) is 17.7 Å². The van der Waals surface area contributed by atoms with Crippen LogP contribution in [0.2, 0.25) is 0 Å². The van der Waals surface area contributed by atoms with Gasteiger partial charge in [0.15, 0.2) is 0 Å². The lowest BCUT2D eigenvalue weighted by Gasteiger charge is -2.27. The van der Waals surface area contributed by atoms with Crippen molar-refractivity contribution in [2.45, 2.75) is 13.0 Å². The summed E-state index contributed by atoms with van der Waals surface area (Å²) in [5.41, 5.74) is 6.68. The van der Waals surface area contributed by atoms with Gasteiger partial charge in [0, 0.05) is 17.0 Å². The third kappa shape index (κ3) is 3.81. The maximum Gasteiger partial charge on any atom is 0.322 e. The molecule has 0 amide bonds. The molecule has 1 aromatic carbocycles. The Bertz CT molecular complexity index is 421. The van der Waals surface area contributed by atoms with Gasteiger partial charge in [0.25, 0.3) is 0 Å². The Morgan fingerprint density at radius 1 is 1.53 bits per heavy atom. The lowest BCUT2D eigenvalue weighted by molar-refractivity contribution is -0.138. The molecule has 17 heavy (non-hydrogen) atoms. The number of aliphatic carboxylic acids is 1. The van der Waals surface area contributed by atoms with E-state index in [0.29, 0.717) is 5.69 Å². The average molecular weight is 257 g/mol. The highest BCUT2D eigenvalue weighted by Gasteiger charge is 2.17. The van der Waals surface area contributed by atoms with Crippen molar-refractivity contribution in [2.24, 2.45) is 5.73 Å². The third-order valence-electron chi connectivity index (χ3n) is 2.18. The molecule has 0 aliphatic rings. The average Bonchev–Trinajstić information content (AvgIpc) is 2.26. The standard InChI is InChI=1S/C10H14N2O4S/c1-7-2-4-8(5-3-7)12(17(15)16)6-9(11)10(13)14/h2-5,9H,6,11H2,1H3,(H,13,14)(H,15,16)/p-1. The van der Waals surface area contributed by atoms with Crippen LogP contribution in [-0.2, 0) is 16.1 Å². The highest BCUT2D eigenvalue weighted by Crippen LogP contribution is 2.16. The zero-order chi connectivity index (χ0) is 13.0. The van der Waals surface area contributed by atoms with E-state index in [-0.39, 0.29) is 6.54 Å². The largest absolute Gasteiger partial charge is 0.755 e. The molecule has 0 saturated carbocycles. The van der Waals surface area contributed by atoms with Crippen molar-refractivity contribution in [3.05, 3.63) is 29.8 Å². The molecule has 0 aromatic heterocycles. The van der Waals surface area contributed by atoms with Gasteiger partial charge in [-0.3, -0.25) is 9.00 Å². The summed E-state index contributed by atoms with van der Waals surface area (Å²) in [5.74, 6) is -1.24. The minimum absolute atomic E-state index is 0.297. The molecule has 94 valence electrons. The molecule has 0 saturated heterocycles.